The molecule has 4 aromatic rings. The first kappa shape index (κ1) is 23.5. The lowest BCUT2D eigenvalue weighted by atomic mass is 10.1. The van der Waals surface area contributed by atoms with Gasteiger partial charge >= 0.3 is 6.18 Å². The lowest BCUT2D eigenvalue weighted by Crippen LogP contribution is -2.28. The van der Waals surface area contributed by atoms with E-state index in [0.29, 0.717) is 47.9 Å². The van der Waals surface area contributed by atoms with Gasteiger partial charge in [0.05, 0.1) is 18.1 Å². The van der Waals surface area contributed by atoms with Crippen LogP contribution in [0.3, 0.4) is 0 Å². The molecule has 0 bridgehead atoms. The third kappa shape index (κ3) is 5.19. The molecule has 1 aliphatic rings. The molecule has 1 fully saturated rings. The van der Waals surface area contributed by atoms with Crippen LogP contribution in [0.25, 0.3) is 11.2 Å². The number of imidazole rings is 1. The number of nitrogens with one attached hydrogen (secondary N) is 2. The van der Waals surface area contributed by atoms with Crippen molar-refractivity contribution in [3.8, 4) is 0 Å². The zero-order chi connectivity index (χ0) is 25.1. The third-order valence-corrected chi connectivity index (χ3v) is 5.76. The summed E-state index contributed by atoms with van der Waals surface area (Å²) < 4.78 is 41.2. The van der Waals surface area contributed by atoms with Gasteiger partial charge in [-0.15, -0.1) is 0 Å². The maximum atomic E-state index is 13.1. The fourth-order valence-corrected chi connectivity index (χ4v) is 3.98. The lowest BCUT2D eigenvalue weighted by Gasteiger charge is -2.16. The van der Waals surface area contributed by atoms with Crippen LogP contribution in [0, 0.1) is 0 Å². The summed E-state index contributed by atoms with van der Waals surface area (Å²) in [6.45, 7) is 1.82. The van der Waals surface area contributed by atoms with Gasteiger partial charge in [0.1, 0.15) is 0 Å². The molecule has 1 amide bonds. The number of amides is 1. The number of anilines is 3. The van der Waals surface area contributed by atoms with Gasteiger partial charge in [-0.3, -0.25) is 9.78 Å². The SMILES string of the molecule is O=C1CCCN1CCn1cnc2c(NCc3cccc(C(F)(F)F)c3)nc(Nc3cnccn3)nc21. The van der Waals surface area contributed by atoms with E-state index in [2.05, 4.69) is 35.6 Å². The number of carbonyl (C=O) groups excluding carboxylic acids is 1. The van der Waals surface area contributed by atoms with Crippen LogP contribution in [0.15, 0.2) is 49.2 Å². The number of halogens is 3. The number of likely N-dealkylation sites (tertiary alicyclic amines) is 1. The molecule has 1 saturated heterocycles. The summed E-state index contributed by atoms with van der Waals surface area (Å²) in [5.41, 5.74) is 0.682. The summed E-state index contributed by atoms with van der Waals surface area (Å²) >= 11 is 0. The number of fused-ring (bicyclic) bond motifs is 1. The molecule has 5 rings (SSSR count). The number of carbonyl (C=O) groups is 1. The van der Waals surface area contributed by atoms with Crippen molar-refractivity contribution in [3.05, 3.63) is 60.3 Å². The van der Waals surface area contributed by atoms with Crippen LogP contribution in [0.2, 0.25) is 0 Å². The van der Waals surface area contributed by atoms with E-state index in [4.69, 9.17) is 0 Å². The van der Waals surface area contributed by atoms with E-state index in [9.17, 15) is 18.0 Å². The number of hydrogen-bond acceptors (Lipinski definition) is 8. The summed E-state index contributed by atoms with van der Waals surface area (Å²) in [6.07, 6.45) is 3.16. The zero-order valence-corrected chi connectivity index (χ0v) is 19.0. The van der Waals surface area contributed by atoms with Crippen LogP contribution in [0.1, 0.15) is 24.0 Å². The lowest BCUT2D eigenvalue weighted by molar-refractivity contribution is -0.137. The fraction of sp³-hybridized carbons (Fsp3) is 0.304. The number of nitrogens with zero attached hydrogens (tertiary/aromatic N) is 7. The summed E-state index contributed by atoms with van der Waals surface area (Å²) in [5.74, 6) is 1.12. The van der Waals surface area contributed by atoms with Crippen molar-refractivity contribution < 1.29 is 18.0 Å². The normalized spacial score (nSPS) is 14.0. The Morgan fingerprint density at radius 3 is 2.72 bits per heavy atom. The maximum absolute atomic E-state index is 13.1. The first-order chi connectivity index (χ1) is 17.4. The molecule has 0 aliphatic carbocycles. The van der Waals surface area contributed by atoms with E-state index in [1.807, 2.05) is 4.57 Å². The molecule has 0 saturated carbocycles. The predicted molar refractivity (Wildman–Crippen MR) is 125 cm³/mol. The third-order valence-electron chi connectivity index (χ3n) is 5.76. The molecule has 36 heavy (non-hydrogen) atoms. The molecule has 0 radical (unpaired) electrons. The Morgan fingerprint density at radius 2 is 1.97 bits per heavy atom. The van der Waals surface area contributed by atoms with Gasteiger partial charge in [-0.25, -0.2) is 9.97 Å². The van der Waals surface area contributed by atoms with Gasteiger partial charge < -0.3 is 20.1 Å². The molecule has 10 nitrogen and oxygen atoms in total. The average molecular weight is 497 g/mol. The van der Waals surface area contributed by atoms with Crippen molar-refractivity contribution in [2.24, 2.45) is 0 Å². The first-order valence-electron chi connectivity index (χ1n) is 11.3. The Morgan fingerprint density at radius 1 is 1.08 bits per heavy atom. The molecule has 0 spiro atoms. The highest BCUT2D eigenvalue weighted by atomic mass is 19.4. The quantitative estimate of drug-likeness (QED) is 0.380. The number of alkyl halides is 3. The molecule has 1 aliphatic heterocycles. The van der Waals surface area contributed by atoms with Crippen molar-refractivity contribution in [1.82, 2.24) is 34.4 Å². The van der Waals surface area contributed by atoms with Crippen molar-refractivity contribution >= 4 is 34.7 Å². The van der Waals surface area contributed by atoms with Crippen LogP contribution in [0.5, 0.6) is 0 Å². The first-order valence-corrected chi connectivity index (χ1v) is 11.3. The second-order valence-corrected chi connectivity index (χ2v) is 8.26. The van der Waals surface area contributed by atoms with Crippen molar-refractivity contribution in [1.29, 1.82) is 0 Å². The van der Waals surface area contributed by atoms with Gasteiger partial charge in [0.25, 0.3) is 0 Å². The van der Waals surface area contributed by atoms with Crippen LogP contribution in [-0.2, 0) is 24.1 Å². The summed E-state index contributed by atoms with van der Waals surface area (Å²) in [6, 6.07) is 5.09. The van der Waals surface area contributed by atoms with E-state index in [1.54, 1.807) is 17.3 Å². The minimum Gasteiger partial charge on any atom is -0.364 e. The Labute approximate surface area is 203 Å². The molecular weight excluding hydrogens is 475 g/mol. The van der Waals surface area contributed by atoms with Gasteiger partial charge in [0.15, 0.2) is 22.8 Å². The monoisotopic (exact) mass is 497 g/mol. The Hall–Kier alpha value is -4.29. The molecule has 0 atom stereocenters. The van der Waals surface area contributed by atoms with E-state index in [1.165, 1.54) is 24.7 Å². The fourth-order valence-electron chi connectivity index (χ4n) is 3.98. The second-order valence-electron chi connectivity index (χ2n) is 8.26. The van der Waals surface area contributed by atoms with Gasteiger partial charge in [-0.2, -0.15) is 23.1 Å². The predicted octanol–water partition coefficient (Wildman–Crippen LogP) is 3.61. The Bertz CT molecular complexity index is 1370. The van der Waals surface area contributed by atoms with E-state index in [-0.39, 0.29) is 18.4 Å². The Balaban J connectivity index is 1.43. The number of hydrogen-bond donors (Lipinski definition) is 2. The van der Waals surface area contributed by atoms with Crippen molar-refractivity contribution in [2.45, 2.75) is 32.1 Å². The topological polar surface area (TPSA) is 114 Å². The molecule has 1 aromatic carbocycles. The van der Waals surface area contributed by atoms with Crippen LogP contribution in [0.4, 0.5) is 30.8 Å². The number of rotatable bonds is 8. The number of aromatic nitrogens is 6. The smallest absolute Gasteiger partial charge is 0.364 e. The van der Waals surface area contributed by atoms with E-state index < -0.39 is 11.7 Å². The van der Waals surface area contributed by atoms with Crippen molar-refractivity contribution in [3.63, 3.8) is 0 Å². The summed E-state index contributed by atoms with van der Waals surface area (Å²) in [4.78, 5) is 35.5. The van der Waals surface area contributed by atoms with Crippen LogP contribution >= 0.6 is 0 Å². The highest BCUT2D eigenvalue weighted by molar-refractivity contribution is 5.84. The summed E-state index contributed by atoms with van der Waals surface area (Å²) in [7, 11) is 0. The van der Waals surface area contributed by atoms with Gasteiger partial charge in [-0.05, 0) is 24.1 Å². The molecule has 3 aromatic heterocycles. The average Bonchev–Trinajstić information content (AvgIpc) is 3.47. The van der Waals surface area contributed by atoms with Gasteiger partial charge in [0, 0.05) is 45.0 Å². The molecule has 13 heteroatoms. The molecule has 0 unspecified atom stereocenters. The summed E-state index contributed by atoms with van der Waals surface area (Å²) in [5, 5.41) is 6.09. The Kier molecular flexibility index (Phi) is 6.36. The largest absolute Gasteiger partial charge is 0.416 e. The van der Waals surface area contributed by atoms with Crippen molar-refractivity contribution in [2.75, 3.05) is 23.7 Å². The molecular formula is C23H22F3N9O. The van der Waals surface area contributed by atoms with Gasteiger partial charge in [0.2, 0.25) is 11.9 Å². The van der Waals surface area contributed by atoms with Crippen LogP contribution in [-0.4, -0.2) is 53.4 Å². The number of benzene rings is 1. The molecule has 2 N–H and O–H groups in total. The minimum absolute atomic E-state index is 0.0930. The molecule has 186 valence electrons. The van der Waals surface area contributed by atoms with E-state index >= 15 is 0 Å². The zero-order valence-electron chi connectivity index (χ0n) is 19.0. The minimum atomic E-state index is -4.43. The van der Waals surface area contributed by atoms with Crippen LogP contribution < -0.4 is 10.6 Å². The second kappa shape index (κ2) is 9.76. The molecule has 4 heterocycles. The highest BCUT2D eigenvalue weighted by Crippen LogP contribution is 2.30. The standard InChI is InChI=1S/C23H22F3N9O/c24-23(25,26)16-4-1-3-15(11-16)12-29-20-19-21(33-22(32-20)31-17-13-27-6-7-28-17)35(14-30-19)10-9-34-8-2-5-18(34)36/h1,3-4,6-7,11,13-14H,2,5,8-10,12H2,(H2,28,29,31,32,33). The van der Waals surface area contributed by atoms with E-state index in [0.717, 1.165) is 25.1 Å². The van der Waals surface area contributed by atoms with Gasteiger partial charge in [-0.1, -0.05) is 12.1 Å². The maximum Gasteiger partial charge on any atom is 0.416 e. The highest BCUT2D eigenvalue weighted by Gasteiger charge is 2.30.